The van der Waals surface area contributed by atoms with Gasteiger partial charge < -0.3 is 10.1 Å². The molecule has 1 saturated carbocycles. The van der Waals surface area contributed by atoms with E-state index < -0.39 is 0 Å². The Hall–Kier alpha value is -0.610. The van der Waals surface area contributed by atoms with Gasteiger partial charge >= 0.3 is 0 Å². The Morgan fingerprint density at radius 1 is 1.23 bits per heavy atom. The van der Waals surface area contributed by atoms with E-state index in [1.807, 2.05) is 13.8 Å². The van der Waals surface area contributed by atoms with E-state index in [-0.39, 0.29) is 11.9 Å². The Morgan fingerprint density at radius 3 is 2.50 bits per heavy atom. The van der Waals surface area contributed by atoms with Crippen LogP contribution in [-0.2, 0) is 9.53 Å². The van der Waals surface area contributed by atoms with E-state index in [0.717, 1.165) is 25.6 Å². The van der Waals surface area contributed by atoms with Crippen molar-refractivity contribution in [3.05, 3.63) is 0 Å². The van der Waals surface area contributed by atoms with Crippen LogP contribution in [0.3, 0.4) is 0 Å². The fraction of sp³-hybridized carbons (Fsp3) is 0.944. The second kappa shape index (κ2) is 7.78. The summed E-state index contributed by atoms with van der Waals surface area (Å²) in [6.07, 6.45) is 6.84. The summed E-state index contributed by atoms with van der Waals surface area (Å²) in [5.74, 6) is 0.916. The normalized spacial score (nSPS) is 25.3. The van der Waals surface area contributed by atoms with Crippen molar-refractivity contribution in [2.75, 3.05) is 26.2 Å². The number of piperidine rings is 1. The van der Waals surface area contributed by atoms with Crippen LogP contribution in [0.2, 0.25) is 0 Å². The summed E-state index contributed by atoms with van der Waals surface area (Å²) in [6.45, 7) is 11.9. The van der Waals surface area contributed by atoms with Gasteiger partial charge in [-0.15, -0.1) is 0 Å². The van der Waals surface area contributed by atoms with Gasteiger partial charge in [0.1, 0.15) is 0 Å². The fourth-order valence-corrected chi connectivity index (χ4v) is 4.01. The van der Waals surface area contributed by atoms with E-state index in [1.165, 1.54) is 32.1 Å². The van der Waals surface area contributed by atoms with Crippen molar-refractivity contribution in [3.63, 3.8) is 0 Å². The van der Waals surface area contributed by atoms with E-state index in [1.54, 1.807) is 0 Å². The Labute approximate surface area is 136 Å². The van der Waals surface area contributed by atoms with Crippen LogP contribution in [0, 0.1) is 11.3 Å². The number of carbonyl (C=O) groups is 1. The molecular weight excluding hydrogens is 276 g/mol. The summed E-state index contributed by atoms with van der Waals surface area (Å²) in [7, 11) is 0. The van der Waals surface area contributed by atoms with Gasteiger partial charge in [-0.05, 0) is 84.2 Å². The standard InChI is InChI=1S/C18H34N2O2/c1-14(2)19-17(21)12-20-9-7-18(8-10-20)6-5-16(11-18)13-22-15(3)4/h14-16H,5-13H2,1-4H3,(H,19,21)/t16-/m0/s1. The van der Waals surface area contributed by atoms with Crippen molar-refractivity contribution in [1.82, 2.24) is 10.2 Å². The molecule has 1 amide bonds. The van der Waals surface area contributed by atoms with Gasteiger partial charge in [0.2, 0.25) is 5.91 Å². The van der Waals surface area contributed by atoms with Gasteiger partial charge in [0.15, 0.2) is 0 Å². The van der Waals surface area contributed by atoms with E-state index in [9.17, 15) is 4.79 Å². The Bertz CT molecular complexity index is 360. The first-order chi connectivity index (χ1) is 10.4. The molecule has 1 N–H and O–H groups in total. The number of hydrogen-bond donors (Lipinski definition) is 1. The summed E-state index contributed by atoms with van der Waals surface area (Å²) in [4.78, 5) is 14.2. The van der Waals surface area contributed by atoms with E-state index in [4.69, 9.17) is 4.74 Å². The molecule has 2 rings (SSSR count). The number of amides is 1. The van der Waals surface area contributed by atoms with Crippen LogP contribution < -0.4 is 5.32 Å². The number of nitrogens with one attached hydrogen (secondary N) is 1. The van der Waals surface area contributed by atoms with Crippen molar-refractivity contribution in [1.29, 1.82) is 0 Å². The molecule has 1 aliphatic carbocycles. The van der Waals surface area contributed by atoms with Crippen LogP contribution in [-0.4, -0.2) is 49.2 Å². The molecule has 0 radical (unpaired) electrons. The van der Waals surface area contributed by atoms with Crippen LogP contribution in [0.25, 0.3) is 0 Å². The lowest BCUT2D eigenvalue weighted by Crippen LogP contribution is -2.45. The van der Waals surface area contributed by atoms with Crippen molar-refractivity contribution >= 4 is 5.91 Å². The highest BCUT2D eigenvalue weighted by Gasteiger charge is 2.41. The molecule has 128 valence electrons. The molecule has 0 aromatic heterocycles. The third-order valence-corrected chi connectivity index (χ3v) is 5.20. The second-order valence-corrected chi connectivity index (χ2v) is 7.99. The average Bonchev–Trinajstić information content (AvgIpc) is 2.82. The Balaban J connectivity index is 1.72. The average molecular weight is 310 g/mol. The number of rotatable bonds is 6. The molecule has 0 aromatic carbocycles. The molecule has 2 fully saturated rings. The van der Waals surface area contributed by atoms with Gasteiger partial charge in [0, 0.05) is 12.6 Å². The maximum absolute atomic E-state index is 11.9. The first-order valence-electron chi connectivity index (χ1n) is 9.02. The number of likely N-dealkylation sites (tertiary alicyclic amines) is 1. The molecule has 1 aliphatic heterocycles. The van der Waals surface area contributed by atoms with Gasteiger partial charge in [-0.3, -0.25) is 9.69 Å². The lowest BCUT2D eigenvalue weighted by Gasteiger charge is -2.39. The molecule has 1 atom stereocenters. The van der Waals surface area contributed by atoms with E-state index >= 15 is 0 Å². The zero-order valence-corrected chi connectivity index (χ0v) is 14.9. The van der Waals surface area contributed by atoms with Crippen LogP contribution >= 0.6 is 0 Å². The summed E-state index contributed by atoms with van der Waals surface area (Å²) < 4.78 is 5.81. The van der Waals surface area contributed by atoms with Crippen molar-refractivity contribution < 1.29 is 9.53 Å². The molecule has 0 aromatic rings. The van der Waals surface area contributed by atoms with Gasteiger partial charge in [-0.25, -0.2) is 0 Å². The molecule has 1 saturated heterocycles. The Morgan fingerprint density at radius 2 is 1.91 bits per heavy atom. The second-order valence-electron chi connectivity index (χ2n) is 7.99. The van der Waals surface area contributed by atoms with Crippen molar-refractivity contribution in [2.24, 2.45) is 11.3 Å². The predicted molar refractivity (Wildman–Crippen MR) is 89.8 cm³/mol. The van der Waals surface area contributed by atoms with E-state index in [2.05, 4.69) is 24.1 Å². The Kier molecular flexibility index (Phi) is 6.27. The molecular formula is C18H34N2O2. The highest BCUT2D eigenvalue weighted by molar-refractivity contribution is 5.78. The van der Waals surface area contributed by atoms with Crippen molar-refractivity contribution in [2.45, 2.75) is 71.9 Å². The highest BCUT2D eigenvalue weighted by atomic mass is 16.5. The van der Waals surface area contributed by atoms with Gasteiger partial charge in [-0.1, -0.05) is 0 Å². The molecule has 0 bridgehead atoms. The molecule has 4 nitrogen and oxygen atoms in total. The van der Waals surface area contributed by atoms with Crippen LogP contribution in [0.5, 0.6) is 0 Å². The van der Waals surface area contributed by atoms with Crippen molar-refractivity contribution in [3.8, 4) is 0 Å². The summed E-state index contributed by atoms with van der Waals surface area (Å²) in [5, 5.41) is 2.99. The SMILES string of the molecule is CC(C)NC(=O)CN1CCC2(CC[C@H](COC(C)C)C2)CC1. The van der Waals surface area contributed by atoms with Gasteiger partial charge in [0.05, 0.1) is 12.6 Å². The molecule has 22 heavy (non-hydrogen) atoms. The van der Waals surface area contributed by atoms with Crippen LogP contribution in [0.1, 0.15) is 59.8 Å². The number of nitrogens with zero attached hydrogens (tertiary/aromatic N) is 1. The largest absolute Gasteiger partial charge is 0.379 e. The minimum Gasteiger partial charge on any atom is -0.379 e. The lowest BCUT2D eigenvalue weighted by molar-refractivity contribution is -0.123. The maximum atomic E-state index is 11.9. The molecule has 1 heterocycles. The summed E-state index contributed by atoms with van der Waals surface area (Å²) in [5.41, 5.74) is 0.538. The molecule has 1 spiro atoms. The topological polar surface area (TPSA) is 41.6 Å². The third kappa shape index (κ3) is 5.24. The summed E-state index contributed by atoms with van der Waals surface area (Å²) in [6, 6.07) is 0.236. The summed E-state index contributed by atoms with van der Waals surface area (Å²) >= 11 is 0. The number of carbonyl (C=O) groups excluding carboxylic acids is 1. The quantitative estimate of drug-likeness (QED) is 0.820. The first kappa shape index (κ1) is 17.7. The minimum atomic E-state index is 0.167. The molecule has 0 unspecified atom stereocenters. The van der Waals surface area contributed by atoms with Crippen LogP contribution in [0.15, 0.2) is 0 Å². The first-order valence-corrected chi connectivity index (χ1v) is 9.02. The molecule has 2 aliphatic rings. The lowest BCUT2D eigenvalue weighted by atomic mass is 9.76. The third-order valence-electron chi connectivity index (χ3n) is 5.20. The smallest absolute Gasteiger partial charge is 0.234 e. The minimum absolute atomic E-state index is 0.167. The predicted octanol–water partition coefficient (Wildman–Crippen LogP) is 2.82. The van der Waals surface area contributed by atoms with E-state index in [0.29, 0.717) is 18.1 Å². The monoisotopic (exact) mass is 310 g/mol. The number of ether oxygens (including phenoxy) is 1. The zero-order chi connectivity index (χ0) is 16.2. The zero-order valence-electron chi connectivity index (χ0n) is 14.9. The van der Waals surface area contributed by atoms with Gasteiger partial charge in [0.25, 0.3) is 0 Å². The highest BCUT2D eigenvalue weighted by Crippen LogP contribution is 2.48. The molecule has 4 heteroatoms. The fourth-order valence-electron chi connectivity index (χ4n) is 4.01. The number of hydrogen-bond acceptors (Lipinski definition) is 3. The van der Waals surface area contributed by atoms with Crippen LogP contribution in [0.4, 0.5) is 0 Å². The van der Waals surface area contributed by atoms with Gasteiger partial charge in [-0.2, -0.15) is 0 Å². The maximum Gasteiger partial charge on any atom is 0.234 e.